The summed E-state index contributed by atoms with van der Waals surface area (Å²) < 4.78 is 0. The minimum absolute atomic E-state index is 0.146. The molecule has 1 N–H and O–H groups in total. The molecule has 0 heterocycles. The molecule has 0 atom stereocenters. The van der Waals surface area contributed by atoms with E-state index in [1.807, 2.05) is 0 Å². The van der Waals surface area contributed by atoms with Crippen molar-refractivity contribution in [2.24, 2.45) is 0 Å². The van der Waals surface area contributed by atoms with Crippen molar-refractivity contribution < 1.29 is 14.7 Å². The Morgan fingerprint density at radius 2 is 2.06 bits per heavy atom. The Labute approximate surface area is 111 Å². The van der Waals surface area contributed by atoms with Gasteiger partial charge in [0, 0.05) is 11.1 Å². The standard InChI is InChI=1S/C13H16ClNO3/c1-9(2)15(8-13(17)18)12(16)7-10-4-3-5-11(14)6-10/h3-6,9H,7-8H2,1-2H3,(H,17,18). The number of hydrogen-bond donors (Lipinski definition) is 1. The highest BCUT2D eigenvalue weighted by atomic mass is 35.5. The molecule has 0 aromatic heterocycles. The molecule has 1 aromatic rings. The predicted molar refractivity (Wildman–Crippen MR) is 69.6 cm³/mol. The Morgan fingerprint density at radius 1 is 1.39 bits per heavy atom. The number of hydrogen-bond acceptors (Lipinski definition) is 2. The summed E-state index contributed by atoms with van der Waals surface area (Å²) in [5.74, 6) is -1.22. The lowest BCUT2D eigenvalue weighted by Gasteiger charge is -2.24. The first-order valence-electron chi connectivity index (χ1n) is 5.66. The number of nitrogens with zero attached hydrogens (tertiary/aromatic N) is 1. The van der Waals surface area contributed by atoms with Gasteiger partial charge < -0.3 is 10.0 Å². The van der Waals surface area contributed by atoms with Crippen molar-refractivity contribution >= 4 is 23.5 Å². The van der Waals surface area contributed by atoms with E-state index in [9.17, 15) is 9.59 Å². The summed E-state index contributed by atoms with van der Waals surface area (Å²) in [5.41, 5.74) is 0.781. The molecule has 0 bridgehead atoms. The summed E-state index contributed by atoms with van der Waals surface area (Å²) in [4.78, 5) is 24.1. The van der Waals surface area contributed by atoms with Crippen molar-refractivity contribution in [3.8, 4) is 0 Å². The number of carbonyl (C=O) groups is 2. The molecule has 1 aromatic carbocycles. The number of carboxylic acid groups (broad SMARTS) is 1. The van der Waals surface area contributed by atoms with Crippen molar-refractivity contribution in [2.75, 3.05) is 6.54 Å². The van der Waals surface area contributed by atoms with E-state index in [1.54, 1.807) is 38.1 Å². The van der Waals surface area contributed by atoms with Crippen LogP contribution in [-0.2, 0) is 16.0 Å². The molecular formula is C13H16ClNO3. The molecule has 1 amide bonds. The van der Waals surface area contributed by atoms with Crippen LogP contribution in [0.2, 0.25) is 5.02 Å². The molecule has 4 nitrogen and oxygen atoms in total. The van der Waals surface area contributed by atoms with Crippen molar-refractivity contribution in [3.05, 3.63) is 34.9 Å². The first-order chi connectivity index (χ1) is 8.40. The smallest absolute Gasteiger partial charge is 0.323 e. The van der Waals surface area contributed by atoms with Gasteiger partial charge in [-0.05, 0) is 31.5 Å². The van der Waals surface area contributed by atoms with Crippen LogP contribution in [0.1, 0.15) is 19.4 Å². The van der Waals surface area contributed by atoms with Crippen LogP contribution in [-0.4, -0.2) is 34.5 Å². The molecule has 18 heavy (non-hydrogen) atoms. The lowest BCUT2D eigenvalue weighted by molar-refractivity contribution is -0.145. The zero-order chi connectivity index (χ0) is 13.7. The zero-order valence-corrected chi connectivity index (χ0v) is 11.1. The van der Waals surface area contributed by atoms with E-state index in [0.717, 1.165) is 5.56 Å². The van der Waals surface area contributed by atoms with Crippen LogP contribution < -0.4 is 0 Å². The summed E-state index contributed by atoms with van der Waals surface area (Å²) in [6.07, 6.45) is 0.159. The second-order valence-electron chi connectivity index (χ2n) is 4.32. The molecule has 0 unspecified atom stereocenters. The summed E-state index contributed by atoms with van der Waals surface area (Å²) in [5, 5.41) is 9.34. The Morgan fingerprint density at radius 3 is 2.56 bits per heavy atom. The van der Waals surface area contributed by atoms with Gasteiger partial charge in [0.05, 0.1) is 6.42 Å². The van der Waals surface area contributed by atoms with Crippen LogP contribution in [0.25, 0.3) is 0 Å². The third-order valence-corrected chi connectivity index (χ3v) is 2.73. The van der Waals surface area contributed by atoms with Gasteiger partial charge in [-0.15, -0.1) is 0 Å². The third-order valence-electron chi connectivity index (χ3n) is 2.49. The first-order valence-corrected chi connectivity index (χ1v) is 6.03. The fraction of sp³-hybridized carbons (Fsp3) is 0.385. The molecule has 0 radical (unpaired) electrons. The van der Waals surface area contributed by atoms with Crippen LogP contribution in [0.15, 0.2) is 24.3 Å². The van der Waals surface area contributed by atoms with Crippen molar-refractivity contribution in [2.45, 2.75) is 26.3 Å². The molecule has 0 aliphatic carbocycles. The molecule has 0 saturated heterocycles. The van der Waals surface area contributed by atoms with E-state index < -0.39 is 5.97 Å². The number of carboxylic acids is 1. The van der Waals surface area contributed by atoms with Gasteiger partial charge in [0.1, 0.15) is 6.54 Å². The zero-order valence-electron chi connectivity index (χ0n) is 10.4. The molecule has 0 aliphatic rings. The summed E-state index contributed by atoms with van der Waals surface area (Å²) >= 11 is 5.84. The second-order valence-corrected chi connectivity index (χ2v) is 4.75. The number of rotatable bonds is 5. The molecule has 0 saturated carbocycles. The molecule has 1 rings (SSSR count). The lowest BCUT2D eigenvalue weighted by Crippen LogP contribution is -2.41. The van der Waals surface area contributed by atoms with Crippen molar-refractivity contribution in [3.63, 3.8) is 0 Å². The van der Waals surface area contributed by atoms with Gasteiger partial charge in [-0.25, -0.2) is 0 Å². The van der Waals surface area contributed by atoms with Gasteiger partial charge in [0.25, 0.3) is 0 Å². The maximum Gasteiger partial charge on any atom is 0.323 e. The monoisotopic (exact) mass is 269 g/mol. The highest BCUT2D eigenvalue weighted by Gasteiger charge is 2.19. The van der Waals surface area contributed by atoms with E-state index in [2.05, 4.69) is 0 Å². The fourth-order valence-electron chi connectivity index (χ4n) is 1.63. The highest BCUT2D eigenvalue weighted by molar-refractivity contribution is 6.30. The maximum absolute atomic E-state index is 12.0. The Bertz CT molecular complexity index is 446. The van der Waals surface area contributed by atoms with Gasteiger partial charge in [0.2, 0.25) is 5.91 Å². The summed E-state index contributed by atoms with van der Waals surface area (Å²) in [7, 11) is 0. The average molecular weight is 270 g/mol. The lowest BCUT2D eigenvalue weighted by atomic mass is 10.1. The van der Waals surface area contributed by atoms with E-state index >= 15 is 0 Å². The minimum atomic E-state index is -1.01. The molecule has 0 fully saturated rings. The van der Waals surface area contributed by atoms with Gasteiger partial charge >= 0.3 is 5.97 Å². The molecule has 5 heteroatoms. The van der Waals surface area contributed by atoms with Crippen LogP contribution in [0.3, 0.4) is 0 Å². The number of halogens is 1. The van der Waals surface area contributed by atoms with Gasteiger partial charge in [0.15, 0.2) is 0 Å². The van der Waals surface area contributed by atoms with Gasteiger partial charge in [-0.1, -0.05) is 23.7 Å². The number of aliphatic carboxylic acids is 1. The molecule has 0 aliphatic heterocycles. The maximum atomic E-state index is 12.0. The quantitative estimate of drug-likeness (QED) is 0.892. The van der Waals surface area contributed by atoms with Crippen molar-refractivity contribution in [1.82, 2.24) is 4.90 Å². The van der Waals surface area contributed by atoms with E-state index in [-0.39, 0.29) is 24.9 Å². The molecular weight excluding hydrogens is 254 g/mol. The first kappa shape index (κ1) is 14.5. The SMILES string of the molecule is CC(C)N(CC(=O)O)C(=O)Cc1cccc(Cl)c1. The normalized spacial score (nSPS) is 10.4. The van der Waals surface area contributed by atoms with Gasteiger partial charge in [-0.2, -0.15) is 0 Å². The van der Waals surface area contributed by atoms with Crippen molar-refractivity contribution in [1.29, 1.82) is 0 Å². The van der Waals surface area contributed by atoms with E-state index in [0.29, 0.717) is 5.02 Å². The van der Waals surface area contributed by atoms with Crippen LogP contribution in [0.5, 0.6) is 0 Å². The minimum Gasteiger partial charge on any atom is -0.480 e. The Kier molecular flexibility index (Phi) is 5.16. The van der Waals surface area contributed by atoms with Gasteiger partial charge in [-0.3, -0.25) is 9.59 Å². The second kappa shape index (κ2) is 6.40. The van der Waals surface area contributed by atoms with E-state index in [1.165, 1.54) is 4.90 Å². The topological polar surface area (TPSA) is 57.6 Å². The predicted octanol–water partition coefficient (Wildman–Crippen LogP) is 2.20. The van der Waals surface area contributed by atoms with Crippen LogP contribution >= 0.6 is 11.6 Å². The fourth-order valence-corrected chi connectivity index (χ4v) is 1.84. The number of carbonyl (C=O) groups excluding carboxylic acids is 1. The van der Waals surface area contributed by atoms with E-state index in [4.69, 9.17) is 16.7 Å². The Balaban J connectivity index is 2.75. The number of benzene rings is 1. The molecule has 0 spiro atoms. The number of amides is 1. The summed E-state index contributed by atoms with van der Waals surface area (Å²) in [6.45, 7) is 3.30. The average Bonchev–Trinajstić information content (AvgIpc) is 2.25. The highest BCUT2D eigenvalue weighted by Crippen LogP contribution is 2.12. The van der Waals surface area contributed by atoms with Crippen LogP contribution in [0.4, 0.5) is 0 Å². The molecule has 98 valence electrons. The summed E-state index contributed by atoms with van der Waals surface area (Å²) in [6, 6.07) is 6.85. The van der Waals surface area contributed by atoms with Crippen LogP contribution in [0, 0.1) is 0 Å². The largest absolute Gasteiger partial charge is 0.480 e. The Hall–Kier alpha value is -1.55. The third kappa shape index (κ3) is 4.37.